The second-order valence-electron chi connectivity index (χ2n) is 5.51. The molecule has 0 saturated carbocycles. The van der Waals surface area contributed by atoms with E-state index in [1.807, 2.05) is 19.1 Å². The van der Waals surface area contributed by atoms with Gasteiger partial charge < -0.3 is 4.98 Å². The van der Waals surface area contributed by atoms with Gasteiger partial charge in [-0.2, -0.15) is 0 Å². The average Bonchev–Trinajstić information content (AvgIpc) is 2.83. The minimum absolute atomic E-state index is 0.0335. The van der Waals surface area contributed by atoms with Crippen molar-refractivity contribution in [1.82, 2.24) is 14.7 Å². The van der Waals surface area contributed by atoms with Crippen LogP contribution in [0.3, 0.4) is 0 Å². The van der Waals surface area contributed by atoms with E-state index >= 15 is 0 Å². The van der Waals surface area contributed by atoms with Crippen LogP contribution in [-0.2, 0) is 16.6 Å². The number of nitrogens with one attached hydrogen (secondary N) is 2. The molecule has 2 aromatic heterocycles. The van der Waals surface area contributed by atoms with Crippen molar-refractivity contribution in [3.05, 3.63) is 53.6 Å². The van der Waals surface area contributed by atoms with Crippen LogP contribution in [0.1, 0.15) is 11.3 Å². The van der Waals surface area contributed by atoms with Gasteiger partial charge in [-0.25, -0.2) is 17.5 Å². The standard InChI is InChI=1S/C16H16FN3O2S/c1-10-5-14-15(20-10)3-4-18-16(14)12-6-11(7-13(17)8-12)9-19-23(2,21)22/h3-8,19-20H,9H2,1-2H3. The van der Waals surface area contributed by atoms with Crippen LogP contribution < -0.4 is 4.72 Å². The summed E-state index contributed by atoms with van der Waals surface area (Å²) in [5, 5.41) is 0.901. The SMILES string of the molecule is Cc1cc2c(-c3cc(F)cc(CNS(C)(=O)=O)c3)nccc2[nH]1. The molecule has 0 amide bonds. The highest BCUT2D eigenvalue weighted by Gasteiger charge is 2.11. The van der Waals surface area contributed by atoms with Crippen molar-refractivity contribution in [2.24, 2.45) is 0 Å². The maximum absolute atomic E-state index is 13.9. The van der Waals surface area contributed by atoms with Gasteiger partial charge in [0.15, 0.2) is 0 Å². The van der Waals surface area contributed by atoms with Crippen molar-refractivity contribution in [2.45, 2.75) is 13.5 Å². The summed E-state index contributed by atoms with van der Waals surface area (Å²) in [6.45, 7) is 1.97. The maximum atomic E-state index is 13.9. The third-order valence-corrected chi connectivity index (χ3v) is 4.12. The Morgan fingerprint density at radius 2 is 2.04 bits per heavy atom. The number of hydrogen-bond donors (Lipinski definition) is 2. The number of H-pyrrole nitrogens is 1. The lowest BCUT2D eigenvalue weighted by molar-refractivity contribution is 0.586. The van der Waals surface area contributed by atoms with E-state index in [2.05, 4.69) is 14.7 Å². The number of halogens is 1. The Kier molecular flexibility index (Phi) is 3.91. The van der Waals surface area contributed by atoms with Crippen LogP contribution in [0.2, 0.25) is 0 Å². The van der Waals surface area contributed by atoms with E-state index in [0.29, 0.717) is 16.8 Å². The summed E-state index contributed by atoms with van der Waals surface area (Å²) >= 11 is 0. The number of aromatic amines is 1. The molecule has 0 aliphatic heterocycles. The van der Waals surface area contributed by atoms with E-state index in [1.165, 1.54) is 12.1 Å². The van der Waals surface area contributed by atoms with Crippen LogP contribution in [0, 0.1) is 12.7 Å². The lowest BCUT2D eigenvalue weighted by Crippen LogP contribution is -2.21. The molecule has 0 atom stereocenters. The fourth-order valence-electron chi connectivity index (χ4n) is 2.53. The lowest BCUT2D eigenvalue weighted by atomic mass is 10.0. The smallest absolute Gasteiger partial charge is 0.209 e. The van der Waals surface area contributed by atoms with E-state index in [1.54, 1.807) is 12.3 Å². The summed E-state index contributed by atoms with van der Waals surface area (Å²) in [4.78, 5) is 7.57. The zero-order valence-corrected chi connectivity index (χ0v) is 13.5. The molecule has 1 aromatic carbocycles. The van der Waals surface area contributed by atoms with Gasteiger partial charge in [0, 0.05) is 34.9 Å². The van der Waals surface area contributed by atoms with Crippen LogP contribution in [0.5, 0.6) is 0 Å². The largest absolute Gasteiger partial charge is 0.359 e. The molecule has 0 radical (unpaired) electrons. The zero-order valence-electron chi connectivity index (χ0n) is 12.7. The van der Waals surface area contributed by atoms with Gasteiger partial charge in [0.25, 0.3) is 0 Å². The Labute approximate surface area is 133 Å². The zero-order chi connectivity index (χ0) is 16.6. The minimum Gasteiger partial charge on any atom is -0.359 e. The van der Waals surface area contributed by atoms with Gasteiger partial charge >= 0.3 is 0 Å². The molecule has 23 heavy (non-hydrogen) atoms. The van der Waals surface area contributed by atoms with Gasteiger partial charge in [0.2, 0.25) is 10.0 Å². The Hall–Kier alpha value is -2.25. The molecule has 3 aromatic rings. The van der Waals surface area contributed by atoms with Gasteiger partial charge in [-0.1, -0.05) is 0 Å². The predicted octanol–water partition coefficient (Wildman–Crippen LogP) is 2.73. The van der Waals surface area contributed by atoms with Gasteiger partial charge in [0.1, 0.15) is 5.82 Å². The van der Waals surface area contributed by atoms with Crippen LogP contribution in [0.15, 0.2) is 36.5 Å². The summed E-state index contributed by atoms with van der Waals surface area (Å²) in [7, 11) is -3.34. The number of sulfonamides is 1. The molecule has 0 aliphatic rings. The summed E-state index contributed by atoms with van der Waals surface area (Å²) in [5.41, 5.74) is 3.72. The molecule has 0 fully saturated rings. The number of rotatable bonds is 4. The average molecular weight is 333 g/mol. The third-order valence-electron chi connectivity index (χ3n) is 3.45. The van der Waals surface area contributed by atoms with Gasteiger partial charge in [-0.05, 0) is 42.8 Å². The number of fused-ring (bicyclic) bond motifs is 1. The first-order valence-corrected chi connectivity index (χ1v) is 8.90. The Balaban J connectivity index is 2.06. The Morgan fingerprint density at radius 1 is 1.26 bits per heavy atom. The fraction of sp³-hybridized carbons (Fsp3) is 0.188. The molecule has 2 heterocycles. The lowest BCUT2D eigenvalue weighted by Gasteiger charge is -2.08. The van der Waals surface area contributed by atoms with Crippen molar-refractivity contribution in [3.63, 3.8) is 0 Å². The minimum atomic E-state index is -3.34. The molecule has 0 spiro atoms. The van der Waals surface area contributed by atoms with Crippen LogP contribution in [0.4, 0.5) is 4.39 Å². The second-order valence-corrected chi connectivity index (χ2v) is 7.35. The van der Waals surface area contributed by atoms with E-state index in [-0.39, 0.29) is 6.54 Å². The van der Waals surface area contributed by atoms with E-state index in [9.17, 15) is 12.8 Å². The van der Waals surface area contributed by atoms with Crippen LogP contribution in [0.25, 0.3) is 22.2 Å². The van der Waals surface area contributed by atoms with Crippen molar-refractivity contribution < 1.29 is 12.8 Å². The number of nitrogens with zero attached hydrogens (tertiary/aromatic N) is 1. The number of aryl methyl sites for hydroxylation is 1. The molecule has 0 aliphatic carbocycles. The highest BCUT2D eigenvalue weighted by atomic mass is 32.2. The van der Waals surface area contributed by atoms with Crippen molar-refractivity contribution >= 4 is 20.9 Å². The number of hydrogen-bond acceptors (Lipinski definition) is 3. The quantitative estimate of drug-likeness (QED) is 0.771. The van der Waals surface area contributed by atoms with Gasteiger partial charge in [0.05, 0.1) is 11.9 Å². The molecule has 120 valence electrons. The van der Waals surface area contributed by atoms with Crippen LogP contribution >= 0.6 is 0 Å². The van der Waals surface area contributed by atoms with Crippen molar-refractivity contribution in [3.8, 4) is 11.3 Å². The number of benzene rings is 1. The topological polar surface area (TPSA) is 74.8 Å². The monoisotopic (exact) mass is 333 g/mol. The molecule has 0 saturated heterocycles. The molecule has 2 N–H and O–H groups in total. The Morgan fingerprint density at radius 3 is 2.78 bits per heavy atom. The summed E-state index contributed by atoms with van der Waals surface area (Å²) in [6.07, 6.45) is 2.73. The molecule has 3 rings (SSSR count). The van der Waals surface area contributed by atoms with Crippen molar-refractivity contribution in [2.75, 3.05) is 6.26 Å². The van der Waals surface area contributed by atoms with E-state index in [0.717, 1.165) is 22.9 Å². The molecule has 7 heteroatoms. The number of aromatic nitrogens is 2. The summed E-state index contributed by atoms with van der Waals surface area (Å²) in [6, 6.07) is 8.26. The molecule has 0 bridgehead atoms. The summed E-state index contributed by atoms with van der Waals surface area (Å²) in [5.74, 6) is -0.432. The van der Waals surface area contributed by atoms with E-state index < -0.39 is 15.8 Å². The fourth-order valence-corrected chi connectivity index (χ4v) is 2.96. The van der Waals surface area contributed by atoms with Gasteiger partial charge in [-0.15, -0.1) is 0 Å². The highest BCUT2D eigenvalue weighted by Crippen LogP contribution is 2.28. The van der Waals surface area contributed by atoms with Crippen molar-refractivity contribution in [1.29, 1.82) is 0 Å². The normalized spacial score (nSPS) is 12.0. The number of pyridine rings is 1. The van der Waals surface area contributed by atoms with Crippen LogP contribution in [-0.4, -0.2) is 24.6 Å². The maximum Gasteiger partial charge on any atom is 0.209 e. The van der Waals surface area contributed by atoms with E-state index in [4.69, 9.17) is 0 Å². The van der Waals surface area contributed by atoms with Gasteiger partial charge in [-0.3, -0.25) is 4.98 Å². The second kappa shape index (κ2) is 5.75. The summed E-state index contributed by atoms with van der Waals surface area (Å²) < 4.78 is 38.7. The first kappa shape index (κ1) is 15.6. The molecule has 5 nitrogen and oxygen atoms in total. The molecular weight excluding hydrogens is 317 g/mol. The Bertz CT molecular complexity index is 980. The first-order chi connectivity index (χ1) is 10.8. The predicted molar refractivity (Wildman–Crippen MR) is 87.9 cm³/mol. The molecular formula is C16H16FN3O2S. The highest BCUT2D eigenvalue weighted by molar-refractivity contribution is 7.88. The molecule has 0 unspecified atom stereocenters. The third kappa shape index (κ3) is 3.57. The first-order valence-electron chi connectivity index (χ1n) is 7.01.